The number of ether oxygens (including phenoxy) is 1. The summed E-state index contributed by atoms with van der Waals surface area (Å²) in [4.78, 5) is 0. The summed E-state index contributed by atoms with van der Waals surface area (Å²) in [5.41, 5.74) is 1.10. The van der Waals surface area contributed by atoms with E-state index in [1.165, 1.54) is 6.07 Å². The van der Waals surface area contributed by atoms with Crippen LogP contribution in [-0.2, 0) is 11.3 Å². The van der Waals surface area contributed by atoms with Crippen LogP contribution < -0.4 is 5.32 Å². The maximum Gasteiger partial charge on any atom is 0.132 e. The molecule has 2 rings (SSSR count). The smallest absolute Gasteiger partial charge is 0.132 e. The van der Waals surface area contributed by atoms with E-state index in [1.807, 2.05) is 0 Å². The molecule has 0 saturated carbocycles. The van der Waals surface area contributed by atoms with E-state index in [0.29, 0.717) is 17.7 Å². The molecule has 0 aliphatic carbocycles. The molecule has 1 aromatic carbocycles. The molecule has 1 aliphatic heterocycles. The van der Waals surface area contributed by atoms with Crippen LogP contribution in [0.5, 0.6) is 0 Å². The first kappa shape index (κ1) is 9.55. The molecule has 0 bridgehead atoms. The molecule has 1 N–H and O–H groups in total. The summed E-state index contributed by atoms with van der Waals surface area (Å²) < 4.78 is 31.5. The molecular weight excluding hydrogens is 188 g/mol. The molecule has 1 heterocycles. The Labute approximate surface area is 80.9 Å². The van der Waals surface area contributed by atoms with Gasteiger partial charge >= 0.3 is 0 Å². The first-order chi connectivity index (χ1) is 6.72. The highest BCUT2D eigenvalue weighted by molar-refractivity contribution is 5.33. The van der Waals surface area contributed by atoms with Gasteiger partial charge in [-0.2, -0.15) is 0 Å². The second-order valence-electron chi connectivity index (χ2n) is 3.32. The lowest BCUT2D eigenvalue weighted by atomic mass is 10.0. The minimum absolute atomic E-state index is 0.288. The first-order valence-corrected chi connectivity index (χ1v) is 4.46. The summed E-state index contributed by atoms with van der Waals surface area (Å²) in [5, 5.41) is 2.91. The number of hydrogen-bond acceptors (Lipinski definition) is 2. The van der Waals surface area contributed by atoms with Gasteiger partial charge in [-0.3, -0.25) is 0 Å². The predicted molar refractivity (Wildman–Crippen MR) is 47.8 cm³/mol. The van der Waals surface area contributed by atoms with E-state index in [9.17, 15) is 8.78 Å². The van der Waals surface area contributed by atoms with Crippen LogP contribution in [-0.4, -0.2) is 13.6 Å². The summed E-state index contributed by atoms with van der Waals surface area (Å²) in [6, 6.07) is 2.23. The van der Waals surface area contributed by atoms with Crippen LogP contribution in [0.1, 0.15) is 17.2 Å². The van der Waals surface area contributed by atoms with E-state index in [-0.39, 0.29) is 12.7 Å². The Morgan fingerprint density at radius 1 is 1.50 bits per heavy atom. The molecule has 2 nitrogen and oxygen atoms in total. The Bertz CT molecular complexity index is 354. The number of nitrogens with one attached hydrogen (secondary N) is 1. The quantitative estimate of drug-likeness (QED) is 0.783. The maximum atomic E-state index is 13.4. The highest BCUT2D eigenvalue weighted by Crippen LogP contribution is 2.32. The lowest BCUT2D eigenvalue weighted by Crippen LogP contribution is -2.17. The summed E-state index contributed by atoms with van der Waals surface area (Å²) in [7, 11) is 1.77. The van der Waals surface area contributed by atoms with Crippen molar-refractivity contribution in [2.75, 3.05) is 13.6 Å². The molecule has 0 fully saturated rings. The highest BCUT2D eigenvalue weighted by atomic mass is 19.1. The molecule has 76 valence electrons. The molecule has 4 heteroatoms. The Kier molecular flexibility index (Phi) is 2.48. The topological polar surface area (TPSA) is 21.3 Å². The summed E-state index contributed by atoms with van der Waals surface area (Å²) in [5.74, 6) is -1.06. The van der Waals surface area contributed by atoms with Crippen LogP contribution in [0.4, 0.5) is 8.78 Å². The Morgan fingerprint density at radius 3 is 3.00 bits per heavy atom. The molecule has 1 aliphatic rings. The number of benzene rings is 1. The average molecular weight is 199 g/mol. The molecule has 0 saturated heterocycles. The van der Waals surface area contributed by atoms with Gasteiger partial charge in [0.15, 0.2) is 0 Å². The second-order valence-corrected chi connectivity index (χ2v) is 3.32. The van der Waals surface area contributed by atoms with Crippen LogP contribution >= 0.6 is 0 Å². The van der Waals surface area contributed by atoms with E-state index in [0.717, 1.165) is 6.07 Å². The van der Waals surface area contributed by atoms with Crippen molar-refractivity contribution in [2.45, 2.75) is 12.7 Å². The van der Waals surface area contributed by atoms with E-state index in [2.05, 4.69) is 5.32 Å². The molecule has 0 radical (unpaired) electrons. The average Bonchev–Trinajstić information content (AvgIpc) is 2.49. The Hall–Kier alpha value is -1.00. The van der Waals surface area contributed by atoms with Gasteiger partial charge in [-0.15, -0.1) is 0 Å². The van der Waals surface area contributed by atoms with Crippen molar-refractivity contribution < 1.29 is 13.5 Å². The van der Waals surface area contributed by atoms with Gasteiger partial charge in [0.05, 0.1) is 12.7 Å². The summed E-state index contributed by atoms with van der Waals surface area (Å²) in [6.07, 6.45) is -0.296. The molecule has 0 spiro atoms. The molecule has 0 unspecified atom stereocenters. The Balaban J connectivity index is 2.39. The number of fused-ring (bicyclic) bond motifs is 1. The minimum atomic E-state index is -0.546. The van der Waals surface area contributed by atoms with Crippen molar-refractivity contribution in [2.24, 2.45) is 0 Å². The van der Waals surface area contributed by atoms with Gasteiger partial charge in [0.25, 0.3) is 0 Å². The number of likely N-dealkylation sites (N-methyl/N-ethyl adjacent to an activating group) is 1. The van der Waals surface area contributed by atoms with Crippen molar-refractivity contribution >= 4 is 0 Å². The second kappa shape index (κ2) is 3.63. The third kappa shape index (κ3) is 1.51. The molecule has 0 amide bonds. The van der Waals surface area contributed by atoms with Crippen LogP contribution in [0, 0.1) is 11.6 Å². The molecular formula is C10H11F2NO. The fraction of sp³-hybridized carbons (Fsp3) is 0.400. The third-order valence-corrected chi connectivity index (χ3v) is 2.33. The number of hydrogen-bond donors (Lipinski definition) is 1. The first-order valence-electron chi connectivity index (χ1n) is 4.46. The standard InChI is InChI=1S/C10H11F2NO/c1-13-4-9-10-6(5-14-9)2-7(11)3-8(10)12/h2-3,9,13H,4-5H2,1H3/t9-/m0/s1. The van der Waals surface area contributed by atoms with E-state index in [4.69, 9.17) is 4.74 Å². The Morgan fingerprint density at radius 2 is 2.29 bits per heavy atom. The zero-order valence-corrected chi connectivity index (χ0v) is 7.81. The zero-order chi connectivity index (χ0) is 10.1. The van der Waals surface area contributed by atoms with Crippen LogP contribution in [0.25, 0.3) is 0 Å². The highest BCUT2D eigenvalue weighted by Gasteiger charge is 2.26. The summed E-state index contributed by atoms with van der Waals surface area (Å²) in [6.45, 7) is 0.825. The van der Waals surface area contributed by atoms with Crippen molar-refractivity contribution in [3.8, 4) is 0 Å². The molecule has 1 atom stereocenters. The van der Waals surface area contributed by atoms with Gasteiger partial charge in [-0.05, 0) is 18.7 Å². The van der Waals surface area contributed by atoms with Crippen molar-refractivity contribution in [3.63, 3.8) is 0 Å². The predicted octanol–water partition coefficient (Wildman–Crippen LogP) is 1.76. The van der Waals surface area contributed by atoms with Crippen LogP contribution in [0.2, 0.25) is 0 Å². The molecule has 0 aromatic heterocycles. The van der Waals surface area contributed by atoms with Gasteiger partial charge in [0.1, 0.15) is 11.6 Å². The van der Waals surface area contributed by atoms with E-state index >= 15 is 0 Å². The van der Waals surface area contributed by atoms with Gasteiger partial charge in [0.2, 0.25) is 0 Å². The molecule has 1 aromatic rings. The monoisotopic (exact) mass is 199 g/mol. The zero-order valence-electron chi connectivity index (χ0n) is 7.81. The SMILES string of the molecule is CNC[C@@H]1OCc2cc(F)cc(F)c21. The van der Waals surface area contributed by atoms with Crippen LogP contribution in [0.3, 0.4) is 0 Å². The summed E-state index contributed by atoms with van der Waals surface area (Å²) >= 11 is 0. The van der Waals surface area contributed by atoms with Crippen molar-refractivity contribution in [1.29, 1.82) is 0 Å². The van der Waals surface area contributed by atoms with Gasteiger partial charge in [-0.25, -0.2) is 8.78 Å². The van der Waals surface area contributed by atoms with Gasteiger partial charge in [0, 0.05) is 18.2 Å². The van der Waals surface area contributed by atoms with Gasteiger partial charge < -0.3 is 10.1 Å². The molecule has 14 heavy (non-hydrogen) atoms. The number of rotatable bonds is 2. The fourth-order valence-corrected chi connectivity index (χ4v) is 1.74. The van der Waals surface area contributed by atoms with Gasteiger partial charge in [-0.1, -0.05) is 0 Å². The lowest BCUT2D eigenvalue weighted by Gasteiger charge is -2.10. The fourth-order valence-electron chi connectivity index (χ4n) is 1.74. The van der Waals surface area contributed by atoms with E-state index < -0.39 is 11.6 Å². The largest absolute Gasteiger partial charge is 0.367 e. The minimum Gasteiger partial charge on any atom is -0.367 e. The van der Waals surface area contributed by atoms with Crippen LogP contribution in [0.15, 0.2) is 12.1 Å². The third-order valence-electron chi connectivity index (χ3n) is 2.33. The van der Waals surface area contributed by atoms with E-state index in [1.54, 1.807) is 7.05 Å². The van der Waals surface area contributed by atoms with Crippen molar-refractivity contribution in [1.82, 2.24) is 5.32 Å². The van der Waals surface area contributed by atoms with Crippen molar-refractivity contribution in [3.05, 3.63) is 34.9 Å². The lowest BCUT2D eigenvalue weighted by molar-refractivity contribution is 0.0659. The maximum absolute atomic E-state index is 13.4. The normalized spacial score (nSPS) is 19.8. The number of halogens is 2.